The molecule has 0 fully saturated rings. The summed E-state index contributed by atoms with van der Waals surface area (Å²) in [7, 11) is 1.89. The molecule has 0 saturated heterocycles. The van der Waals surface area contributed by atoms with Gasteiger partial charge in [0.1, 0.15) is 6.17 Å². The van der Waals surface area contributed by atoms with Crippen molar-refractivity contribution in [3.63, 3.8) is 0 Å². The summed E-state index contributed by atoms with van der Waals surface area (Å²) in [6.07, 6.45) is -0.181. The number of hydrogen-bond acceptors (Lipinski definition) is 5. The Morgan fingerprint density at radius 1 is 1.10 bits per heavy atom. The van der Waals surface area contributed by atoms with Crippen LogP contribution in [0.4, 0.5) is 17.2 Å². The largest absolute Gasteiger partial charge is 0.386 e. The minimum absolute atomic E-state index is 0.181. The zero-order valence-electron chi connectivity index (χ0n) is 16.7. The Hall–Kier alpha value is -3.18. The van der Waals surface area contributed by atoms with Gasteiger partial charge in [0.2, 0.25) is 0 Å². The van der Waals surface area contributed by atoms with E-state index >= 15 is 0 Å². The number of anilines is 3. The summed E-state index contributed by atoms with van der Waals surface area (Å²) < 4.78 is 0. The molecule has 3 rings (SSSR count). The Kier molecular flexibility index (Phi) is 6.62. The number of pyridine rings is 1. The van der Waals surface area contributed by atoms with Crippen molar-refractivity contribution in [3.8, 4) is 11.3 Å². The van der Waals surface area contributed by atoms with Crippen molar-refractivity contribution in [3.05, 3.63) is 84.7 Å². The Bertz CT molecular complexity index is 957. The van der Waals surface area contributed by atoms with E-state index in [0.29, 0.717) is 11.7 Å². The molecule has 0 aliphatic carbocycles. The molecule has 0 aliphatic rings. The topological polar surface area (TPSA) is 66.2 Å². The second kappa shape index (κ2) is 9.34. The van der Waals surface area contributed by atoms with Crippen LogP contribution in [0.2, 0.25) is 0 Å². The molecule has 5 nitrogen and oxygen atoms in total. The number of halogens is 1. The van der Waals surface area contributed by atoms with E-state index in [0.717, 1.165) is 34.0 Å². The summed E-state index contributed by atoms with van der Waals surface area (Å²) in [5, 5.41) is 6.44. The Morgan fingerprint density at radius 3 is 2.38 bits per heavy atom. The first kappa shape index (κ1) is 20.6. The van der Waals surface area contributed by atoms with Gasteiger partial charge in [0.25, 0.3) is 0 Å². The lowest BCUT2D eigenvalue weighted by Gasteiger charge is -2.33. The first-order chi connectivity index (χ1) is 14.0. The van der Waals surface area contributed by atoms with Crippen LogP contribution >= 0.6 is 11.6 Å². The molecule has 0 amide bonds. The Balaban J connectivity index is 2.13. The fourth-order valence-corrected chi connectivity index (χ4v) is 3.38. The molecule has 4 N–H and O–H groups in total. The molecule has 0 saturated carbocycles. The van der Waals surface area contributed by atoms with Gasteiger partial charge >= 0.3 is 0 Å². The van der Waals surface area contributed by atoms with Crippen LogP contribution in [0.15, 0.2) is 79.1 Å². The molecule has 0 aliphatic heterocycles. The predicted molar refractivity (Wildman–Crippen MR) is 123 cm³/mol. The van der Waals surface area contributed by atoms with E-state index in [9.17, 15) is 0 Å². The molecular formula is C23H26ClN5. The van der Waals surface area contributed by atoms with Crippen molar-refractivity contribution in [2.75, 3.05) is 17.3 Å². The molecule has 2 aromatic carbocycles. The average molecular weight is 408 g/mol. The van der Waals surface area contributed by atoms with Gasteiger partial charge in [0, 0.05) is 24.2 Å². The van der Waals surface area contributed by atoms with Crippen molar-refractivity contribution >= 4 is 28.8 Å². The van der Waals surface area contributed by atoms with Crippen LogP contribution < -0.4 is 21.3 Å². The summed E-state index contributed by atoms with van der Waals surface area (Å²) in [6, 6.07) is 22.3. The first-order valence-corrected chi connectivity index (χ1v) is 9.96. The number of hydrogen-bond donors (Lipinski definition) is 3. The summed E-state index contributed by atoms with van der Waals surface area (Å²) in [6.45, 7) is 5.80. The zero-order chi connectivity index (χ0) is 20.8. The van der Waals surface area contributed by atoms with Crippen LogP contribution in [0.25, 0.3) is 11.3 Å². The molecule has 3 aromatic rings. The summed E-state index contributed by atoms with van der Waals surface area (Å²) in [4.78, 5) is 7.08. The van der Waals surface area contributed by atoms with E-state index in [1.807, 2.05) is 80.7 Å². The van der Waals surface area contributed by atoms with Crippen molar-refractivity contribution in [1.82, 2.24) is 10.3 Å². The number of aromatic nitrogens is 1. The number of nitrogens with one attached hydrogen (secondary N) is 2. The maximum Gasteiger partial charge on any atom is 0.158 e. The van der Waals surface area contributed by atoms with Crippen LogP contribution in [-0.4, -0.2) is 18.2 Å². The Labute approximate surface area is 177 Å². The number of alkyl halides is 1. The SMILES string of the molecule is C=C(N)NC(C)N(c1ccc(CCl)cc1)c1nc(-c2ccccc2)ccc1NC. The van der Waals surface area contributed by atoms with Crippen LogP contribution in [0, 0.1) is 0 Å². The highest BCUT2D eigenvalue weighted by Crippen LogP contribution is 2.34. The van der Waals surface area contributed by atoms with E-state index in [2.05, 4.69) is 22.1 Å². The van der Waals surface area contributed by atoms with E-state index in [1.54, 1.807) is 0 Å². The predicted octanol–water partition coefficient (Wildman–Crippen LogP) is 5.03. The van der Waals surface area contributed by atoms with Gasteiger partial charge in [-0.1, -0.05) is 49.0 Å². The van der Waals surface area contributed by atoms with Crippen molar-refractivity contribution in [2.24, 2.45) is 5.73 Å². The lowest BCUT2D eigenvalue weighted by molar-refractivity contribution is 0.614. The maximum absolute atomic E-state index is 5.97. The average Bonchev–Trinajstić information content (AvgIpc) is 2.74. The van der Waals surface area contributed by atoms with Gasteiger partial charge < -0.3 is 21.3 Å². The van der Waals surface area contributed by atoms with E-state index in [4.69, 9.17) is 22.3 Å². The third-order valence-electron chi connectivity index (χ3n) is 4.59. The highest BCUT2D eigenvalue weighted by molar-refractivity contribution is 6.17. The van der Waals surface area contributed by atoms with Gasteiger partial charge in [-0.15, -0.1) is 11.6 Å². The van der Waals surface area contributed by atoms with Gasteiger partial charge in [-0.05, 0) is 36.8 Å². The highest BCUT2D eigenvalue weighted by Gasteiger charge is 2.22. The van der Waals surface area contributed by atoms with Crippen LogP contribution in [0.3, 0.4) is 0 Å². The second-order valence-corrected chi connectivity index (χ2v) is 6.97. The molecule has 0 spiro atoms. The quantitative estimate of drug-likeness (QED) is 0.361. The maximum atomic E-state index is 5.97. The number of nitrogens with zero attached hydrogens (tertiary/aromatic N) is 2. The van der Waals surface area contributed by atoms with Gasteiger partial charge in [-0.3, -0.25) is 0 Å². The van der Waals surface area contributed by atoms with E-state index in [-0.39, 0.29) is 6.17 Å². The number of rotatable bonds is 8. The number of benzene rings is 2. The molecule has 1 aromatic heterocycles. The van der Waals surface area contributed by atoms with E-state index < -0.39 is 0 Å². The smallest absolute Gasteiger partial charge is 0.158 e. The lowest BCUT2D eigenvalue weighted by Crippen LogP contribution is -2.42. The van der Waals surface area contributed by atoms with Crippen molar-refractivity contribution in [1.29, 1.82) is 0 Å². The van der Waals surface area contributed by atoms with Gasteiger partial charge in [-0.25, -0.2) is 4.98 Å². The normalized spacial score (nSPS) is 11.6. The molecular weight excluding hydrogens is 382 g/mol. The molecule has 0 radical (unpaired) electrons. The standard InChI is InChI=1S/C23H26ClN5/c1-16(25)27-17(2)29(20-11-9-18(15-24)10-12-20)23-22(26-3)14-13-21(28-23)19-7-5-4-6-8-19/h4-14,17,26-27H,1,15,25H2,2-3H3. The van der Waals surface area contributed by atoms with Crippen LogP contribution in [-0.2, 0) is 5.88 Å². The number of nitrogens with two attached hydrogens (primary N) is 1. The van der Waals surface area contributed by atoms with Crippen molar-refractivity contribution < 1.29 is 0 Å². The van der Waals surface area contributed by atoms with Gasteiger partial charge in [-0.2, -0.15) is 0 Å². The molecule has 1 atom stereocenters. The van der Waals surface area contributed by atoms with E-state index in [1.165, 1.54) is 0 Å². The summed E-state index contributed by atoms with van der Waals surface area (Å²) in [5.41, 5.74) is 10.7. The molecule has 6 heteroatoms. The van der Waals surface area contributed by atoms with Gasteiger partial charge in [0.15, 0.2) is 5.82 Å². The molecule has 29 heavy (non-hydrogen) atoms. The lowest BCUT2D eigenvalue weighted by atomic mass is 10.1. The Morgan fingerprint density at radius 2 is 1.79 bits per heavy atom. The van der Waals surface area contributed by atoms with Crippen LogP contribution in [0.1, 0.15) is 12.5 Å². The molecule has 1 heterocycles. The fourth-order valence-electron chi connectivity index (χ4n) is 3.20. The van der Waals surface area contributed by atoms with Gasteiger partial charge in [0.05, 0.1) is 17.2 Å². The molecule has 1 unspecified atom stereocenters. The minimum Gasteiger partial charge on any atom is -0.386 e. The zero-order valence-corrected chi connectivity index (χ0v) is 17.4. The molecule has 150 valence electrons. The van der Waals surface area contributed by atoms with Crippen LogP contribution in [0.5, 0.6) is 0 Å². The summed E-state index contributed by atoms with van der Waals surface area (Å²) in [5.74, 6) is 1.65. The second-order valence-electron chi connectivity index (χ2n) is 6.70. The fraction of sp³-hybridized carbons (Fsp3) is 0.174. The monoisotopic (exact) mass is 407 g/mol. The third kappa shape index (κ3) is 4.81. The molecule has 0 bridgehead atoms. The van der Waals surface area contributed by atoms with Crippen molar-refractivity contribution in [2.45, 2.75) is 19.0 Å². The third-order valence-corrected chi connectivity index (χ3v) is 4.90. The first-order valence-electron chi connectivity index (χ1n) is 9.42. The summed E-state index contributed by atoms with van der Waals surface area (Å²) >= 11 is 5.97. The highest BCUT2D eigenvalue weighted by atomic mass is 35.5. The minimum atomic E-state index is -0.181.